The maximum Gasteiger partial charge on any atom is 0.178 e. The van der Waals surface area contributed by atoms with E-state index in [1.54, 1.807) is 0 Å². The van der Waals surface area contributed by atoms with Crippen molar-refractivity contribution in [3.05, 3.63) is 26.5 Å². The molecule has 0 bridgehead atoms. The number of aromatic nitrogens is 2. The van der Waals surface area contributed by atoms with Crippen LogP contribution in [0.2, 0.25) is 0 Å². The third-order valence-electron chi connectivity index (χ3n) is 4.58. The lowest BCUT2D eigenvalue weighted by Crippen LogP contribution is -2.35. The maximum atomic E-state index is 5.63. The maximum absolute atomic E-state index is 5.63. The molecule has 21 heavy (non-hydrogen) atoms. The van der Waals surface area contributed by atoms with Gasteiger partial charge in [0.25, 0.3) is 0 Å². The van der Waals surface area contributed by atoms with Gasteiger partial charge >= 0.3 is 0 Å². The first-order valence-electron chi connectivity index (χ1n) is 7.57. The van der Waals surface area contributed by atoms with E-state index in [1.807, 2.05) is 0 Å². The fourth-order valence-corrected chi connectivity index (χ4v) is 5.28. The number of hydrogen-bond donors (Lipinski definition) is 1. The summed E-state index contributed by atoms with van der Waals surface area (Å²) in [5.41, 5.74) is 3.15. The zero-order valence-corrected chi connectivity index (χ0v) is 16.1. The van der Waals surface area contributed by atoms with Crippen LogP contribution in [-0.2, 0) is 0 Å². The highest BCUT2D eigenvalue weighted by atomic mass is 127. The standard InChI is InChI=1S/C17H23IN2S/c1-16(2)8-12(9-17(3,4)10-16)20-14-6-5-11(18)7-13(14)19-15(20)21/h5-7,12H,8-10H2,1-4H3,(H,19,21). The predicted octanol–water partition coefficient (Wildman–Crippen LogP) is 6.08. The first-order chi connectivity index (χ1) is 9.67. The molecule has 0 spiro atoms. The lowest BCUT2D eigenvalue weighted by atomic mass is 9.63. The van der Waals surface area contributed by atoms with Gasteiger partial charge < -0.3 is 9.55 Å². The molecular formula is C17H23IN2S. The number of aromatic amines is 1. The molecule has 1 saturated carbocycles. The molecule has 3 rings (SSSR count). The second-order valence-electron chi connectivity index (χ2n) is 8.03. The van der Waals surface area contributed by atoms with Crippen LogP contribution in [0, 0.1) is 19.2 Å². The number of rotatable bonds is 1. The quantitative estimate of drug-likeness (QED) is 0.443. The second kappa shape index (κ2) is 5.08. The molecule has 1 heterocycles. The molecular weight excluding hydrogens is 391 g/mol. The Morgan fingerprint density at radius 2 is 1.81 bits per heavy atom. The van der Waals surface area contributed by atoms with Crippen molar-refractivity contribution in [1.82, 2.24) is 9.55 Å². The van der Waals surface area contributed by atoms with E-state index >= 15 is 0 Å². The van der Waals surface area contributed by atoms with E-state index in [0.717, 1.165) is 10.3 Å². The molecule has 2 nitrogen and oxygen atoms in total. The van der Waals surface area contributed by atoms with Crippen LogP contribution in [0.3, 0.4) is 0 Å². The van der Waals surface area contributed by atoms with E-state index in [2.05, 4.69) is 78.0 Å². The number of fused-ring (bicyclic) bond motifs is 1. The molecule has 4 heteroatoms. The van der Waals surface area contributed by atoms with Crippen molar-refractivity contribution >= 4 is 45.8 Å². The number of nitrogens with one attached hydrogen (secondary N) is 1. The van der Waals surface area contributed by atoms with Gasteiger partial charge in [0, 0.05) is 9.61 Å². The molecule has 1 aromatic carbocycles. The zero-order chi connectivity index (χ0) is 15.4. The highest BCUT2D eigenvalue weighted by Crippen LogP contribution is 2.50. The third kappa shape index (κ3) is 3.07. The van der Waals surface area contributed by atoms with Crippen molar-refractivity contribution < 1.29 is 0 Å². The van der Waals surface area contributed by atoms with Crippen LogP contribution >= 0.6 is 34.8 Å². The lowest BCUT2D eigenvalue weighted by Gasteiger charge is -2.45. The van der Waals surface area contributed by atoms with Gasteiger partial charge in [-0.1, -0.05) is 27.7 Å². The number of H-pyrrole nitrogens is 1. The molecule has 114 valence electrons. The summed E-state index contributed by atoms with van der Waals surface area (Å²) in [5.74, 6) is 0. The SMILES string of the molecule is CC1(C)CC(n2c(=S)[nH]c3cc(I)ccc32)CC(C)(C)C1. The van der Waals surface area contributed by atoms with Crippen LogP contribution in [0.25, 0.3) is 11.0 Å². The van der Waals surface area contributed by atoms with Gasteiger partial charge in [-0.3, -0.25) is 0 Å². The molecule has 0 aliphatic heterocycles. The summed E-state index contributed by atoms with van der Waals surface area (Å²) < 4.78 is 4.47. The first-order valence-corrected chi connectivity index (χ1v) is 9.05. The van der Waals surface area contributed by atoms with Crippen molar-refractivity contribution in [2.24, 2.45) is 10.8 Å². The normalized spacial score (nSPS) is 21.8. The summed E-state index contributed by atoms with van der Waals surface area (Å²) in [7, 11) is 0. The van der Waals surface area contributed by atoms with Crippen molar-refractivity contribution in [2.45, 2.75) is 53.0 Å². The molecule has 0 unspecified atom stereocenters. The molecule has 0 atom stereocenters. The van der Waals surface area contributed by atoms with Crippen molar-refractivity contribution in [2.75, 3.05) is 0 Å². The smallest absolute Gasteiger partial charge is 0.178 e. The van der Waals surface area contributed by atoms with Crippen molar-refractivity contribution in [3.63, 3.8) is 0 Å². The molecule has 0 saturated heterocycles. The van der Waals surface area contributed by atoms with Crippen LogP contribution in [0.15, 0.2) is 18.2 Å². The zero-order valence-electron chi connectivity index (χ0n) is 13.2. The molecule has 1 aliphatic carbocycles. The van der Waals surface area contributed by atoms with Gasteiger partial charge in [0.05, 0.1) is 11.0 Å². The summed E-state index contributed by atoms with van der Waals surface area (Å²) in [4.78, 5) is 3.39. The van der Waals surface area contributed by atoms with E-state index in [1.165, 1.54) is 28.3 Å². The van der Waals surface area contributed by atoms with Crippen LogP contribution < -0.4 is 0 Å². The number of halogens is 1. The summed E-state index contributed by atoms with van der Waals surface area (Å²) >= 11 is 7.98. The Kier molecular flexibility index (Phi) is 3.76. The average molecular weight is 414 g/mol. The molecule has 0 amide bonds. The van der Waals surface area contributed by atoms with E-state index in [4.69, 9.17) is 12.2 Å². The third-order valence-corrected chi connectivity index (χ3v) is 5.55. The Morgan fingerprint density at radius 1 is 1.19 bits per heavy atom. The van der Waals surface area contributed by atoms with Crippen molar-refractivity contribution in [1.29, 1.82) is 0 Å². The second-order valence-corrected chi connectivity index (χ2v) is 9.66. The Bertz CT molecular complexity index is 723. The summed E-state index contributed by atoms with van der Waals surface area (Å²) in [6, 6.07) is 7.05. The molecule has 1 N–H and O–H groups in total. The van der Waals surface area contributed by atoms with Crippen LogP contribution in [-0.4, -0.2) is 9.55 Å². The van der Waals surface area contributed by atoms with Gasteiger partial charge in [0.15, 0.2) is 4.77 Å². The topological polar surface area (TPSA) is 20.7 Å². The summed E-state index contributed by atoms with van der Waals surface area (Å²) in [6.07, 6.45) is 3.68. The molecule has 0 radical (unpaired) electrons. The summed E-state index contributed by atoms with van der Waals surface area (Å²) in [6.45, 7) is 9.56. The van der Waals surface area contributed by atoms with Crippen LogP contribution in [0.4, 0.5) is 0 Å². The minimum absolute atomic E-state index is 0.369. The van der Waals surface area contributed by atoms with Crippen LogP contribution in [0.5, 0.6) is 0 Å². The Morgan fingerprint density at radius 3 is 2.43 bits per heavy atom. The van der Waals surface area contributed by atoms with E-state index < -0.39 is 0 Å². The highest BCUT2D eigenvalue weighted by Gasteiger charge is 2.39. The van der Waals surface area contributed by atoms with E-state index in [9.17, 15) is 0 Å². The van der Waals surface area contributed by atoms with Gasteiger partial charge in [-0.2, -0.15) is 0 Å². The van der Waals surface area contributed by atoms with E-state index in [0.29, 0.717) is 16.9 Å². The number of imidazole rings is 1. The van der Waals surface area contributed by atoms with Gasteiger partial charge in [-0.05, 0) is 83.1 Å². The average Bonchev–Trinajstić information content (AvgIpc) is 2.59. The lowest BCUT2D eigenvalue weighted by molar-refractivity contribution is 0.0733. The minimum atomic E-state index is 0.369. The van der Waals surface area contributed by atoms with Crippen molar-refractivity contribution in [3.8, 4) is 0 Å². The Balaban J connectivity index is 2.12. The van der Waals surface area contributed by atoms with Gasteiger partial charge in [0.1, 0.15) is 0 Å². The Hall–Kier alpha value is -0.360. The fourth-order valence-electron chi connectivity index (χ4n) is 4.44. The highest BCUT2D eigenvalue weighted by molar-refractivity contribution is 14.1. The molecule has 2 aromatic rings. The van der Waals surface area contributed by atoms with Crippen LogP contribution in [0.1, 0.15) is 53.0 Å². The van der Waals surface area contributed by atoms with Gasteiger partial charge in [-0.25, -0.2) is 0 Å². The number of hydrogen-bond acceptors (Lipinski definition) is 1. The molecule has 1 fully saturated rings. The predicted molar refractivity (Wildman–Crippen MR) is 100 cm³/mol. The Labute approximate surface area is 145 Å². The largest absolute Gasteiger partial charge is 0.331 e. The van der Waals surface area contributed by atoms with Gasteiger partial charge in [0.2, 0.25) is 0 Å². The number of nitrogens with zero attached hydrogens (tertiary/aromatic N) is 1. The summed E-state index contributed by atoms with van der Waals surface area (Å²) in [5, 5.41) is 0. The fraction of sp³-hybridized carbons (Fsp3) is 0.588. The first kappa shape index (κ1) is 15.5. The minimum Gasteiger partial charge on any atom is -0.331 e. The molecule has 1 aromatic heterocycles. The monoisotopic (exact) mass is 414 g/mol. The van der Waals surface area contributed by atoms with E-state index in [-0.39, 0.29) is 0 Å². The molecule has 1 aliphatic rings. The van der Waals surface area contributed by atoms with Gasteiger partial charge in [-0.15, -0.1) is 0 Å². The number of benzene rings is 1.